The van der Waals surface area contributed by atoms with Crippen LogP contribution in [-0.2, 0) is 14.8 Å². The molecule has 0 spiro atoms. The summed E-state index contributed by atoms with van der Waals surface area (Å²) in [6.45, 7) is 4.57. The Kier molecular flexibility index (Phi) is 6.60. The van der Waals surface area contributed by atoms with Gasteiger partial charge >= 0.3 is 6.03 Å². The largest absolute Gasteiger partial charge is 0.352 e. The molecule has 4 N–H and O–H groups in total. The number of carbonyl (C=O) groups excluding carboxylic acids is 2. The summed E-state index contributed by atoms with van der Waals surface area (Å²) in [6.07, 6.45) is 2.74. The number of benzene rings is 1. The van der Waals surface area contributed by atoms with E-state index < -0.39 is 28.0 Å². The fraction of sp³-hybridized carbons (Fsp3) is 0.529. The Labute approximate surface area is 154 Å². The minimum Gasteiger partial charge on any atom is -0.352 e. The van der Waals surface area contributed by atoms with E-state index >= 15 is 0 Å². The molecule has 1 atom stereocenters. The lowest BCUT2D eigenvalue weighted by Gasteiger charge is -2.26. The fourth-order valence-corrected chi connectivity index (χ4v) is 4.46. The zero-order valence-electron chi connectivity index (χ0n) is 15.1. The number of sulfonamides is 1. The Morgan fingerprint density at radius 3 is 2.38 bits per heavy atom. The first kappa shape index (κ1) is 20.2. The van der Waals surface area contributed by atoms with Crippen LogP contribution >= 0.6 is 0 Å². The molecular weight excluding hydrogens is 356 g/mol. The van der Waals surface area contributed by atoms with Gasteiger partial charge in [-0.1, -0.05) is 26.3 Å². The average molecular weight is 382 g/mol. The Bertz CT molecular complexity index is 758. The van der Waals surface area contributed by atoms with Gasteiger partial charge in [-0.25, -0.2) is 13.2 Å². The summed E-state index contributed by atoms with van der Waals surface area (Å²) in [4.78, 5) is 23.6. The van der Waals surface area contributed by atoms with E-state index in [4.69, 9.17) is 5.73 Å². The van der Waals surface area contributed by atoms with Crippen molar-refractivity contribution in [2.24, 2.45) is 11.7 Å². The molecule has 0 aromatic heterocycles. The van der Waals surface area contributed by atoms with E-state index in [-0.39, 0.29) is 10.8 Å². The summed E-state index contributed by atoms with van der Waals surface area (Å²) in [5, 5.41) is 5.05. The first-order chi connectivity index (χ1) is 12.2. The molecule has 9 heteroatoms. The van der Waals surface area contributed by atoms with Crippen LogP contribution in [0.15, 0.2) is 29.2 Å². The van der Waals surface area contributed by atoms with Gasteiger partial charge in [0.2, 0.25) is 15.9 Å². The molecule has 1 aliphatic heterocycles. The monoisotopic (exact) mass is 382 g/mol. The SMILES string of the molecule is CC(C)C(NC(N)=O)C(=O)Nc1cccc(S(=O)(=O)N2CCCCC2)c1. The first-order valence-corrected chi connectivity index (χ1v) is 10.1. The van der Waals surface area contributed by atoms with Crippen LogP contribution in [0, 0.1) is 5.92 Å². The summed E-state index contributed by atoms with van der Waals surface area (Å²) in [5.41, 5.74) is 5.46. The maximum absolute atomic E-state index is 12.8. The quantitative estimate of drug-likeness (QED) is 0.690. The van der Waals surface area contributed by atoms with Gasteiger partial charge in [-0.3, -0.25) is 4.79 Å². The topological polar surface area (TPSA) is 122 Å². The number of carbonyl (C=O) groups is 2. The molecule has 1 fully saturated rings. The number of rotatable bonds is 6. The van der Waals surface area contributed by atoms with Crippen molar-refractivity contribution in [3.8, 4) is 0 Å². The Balaban J connectivity index is 2.18. The standard InChI is InChI=1S/C17H26N4O4S/c1-12(2)15(20-17(18)23)16(22)19-13-7-6-8-14(11-13)26(24,25)21-9-4-3-5-10-21/h6-8,11-12,15H,3-5,9-10H2,1-2H3,(H,19,22)(H3,18,20,23). The number of urea groups is 1. The minimum atomic E-state index is -3.58. The number of primary amides is 1. The van der Waals surface area contributed by atoms with Crippen LogP contribution in [0.25, 0.3) is 0 Å². The molecule has 0 bridgehead atoms. The van der Waals surface area contributed by atoms with Crippen molar-refractivity contribution < 1.29 is 18.0 Å². The Morgan fingerprint density at radius 1 is 1.15 bits per heavy atom. The van der Waals surface area contributed by atoms with Crippen LogP contribution in [0.5, 0.6) is 0 Å². The molecule has 8 nitrogen and oxygen atoms in total. The third-order valence-corrected chi connectivity index (χ3v) is 6.20. The molecule has 1 aliphatic rings. The smallest absolute Gasteiger partial charge is 0.312 e. The molecule has 0 saturated carbocycles. The van der Waals surface area contributed by atoms with Crippen molar-refractivity contribution in [3.63, 3.8) is 0 Å². The van der Waals surface area contributed by atoms with Gasteiger partial charge in [-0.15, -0.1) is 0 Å². The molecule has 3 amide bonds. The number of nitrogens with one attached hydrogen (secondary N) is 2. The molecule has 1 aromatic carbocycles. The number of nitrogens with zero attached hydrogens (tertiary/aromatic N) is 1. The molecule has 2 rings (SSSR count). The molecule has 1 saturated heterocycles. The summed E-state index contributed by atoms with van der Waals surface area (Å²) < 4.78 is 27.0. The lowest BCUT2D eigenvalue weighted by Crippen LogP contribution is -2.49. The van der Waals surface area contributed by atoms with Gasteiger partial charge in [0, 0.05) is 18.8 Å². The number of anilines is 1. The van der Waals surface area contributed by atoms with Crippen LogP contribution in [0.3, 0.4) is 0 Å². The van der Waals surface area contributed by atoms with E-state index in [0.717, 1.165) is 19.3 Å². The summed E-state index contributed by atoms with van der Waals surface area (Å²) in [6, 6.07) is 4.53. The van der Waals surface area contributed by atoms with Crippen molar-refractivity contribution in [2.75, 3.05) is 18.4 Å². The third kappa shape index (κ3) is 4.95. The van der Waals surface area contributed by atoms with E-state index in [1.165, 1.54) is 16.4 Å². The van der Waals surface area contributed by atoms with Crippen molar-refractivity contribution >= 4 is 27.6 Å². The number of hydrogen-bond donors (Lipinski definition) is 3. The number of amides is 3. The molecule has 0 aliphatic carbocycles. The van der Waals surface area contributed by atoms with Crippen LogP contribution in [0.4, 0.5) is 10.5 Å². The van der Waals surface area contributed by atoms with E-state index in [2.05, 4.69) is 10.6 Å². The Hall–Kier alpha value is -2.13. The predicted molar refractivity (Wildman–Crippen MR) is 99.0 cm³/mol. The second-order valence-electron chi connectivity index (χ2n) is 6.71. The second-order valence-corrected chi connectivity index (χ2v) is 8.65. The van der Waals surface area contributed by atoms with Gasteiger partial charge in [0.15, 0.2) is 0 Å². The molecule has 26 heavy (non-hydrogen) atoms. The highest BCUT2D eigenvalue weighted by Crippen LogP contribution is 2.23. The normalized spacial score (nSPS) is 16.9. The second kappa shape index (κ2) is 8.50. The molecule has 0 radical (unpaired) electrons. The zero-order valence-corrected chi connectivity index (χ0v) is 15.9. The highest BCUT2D eigenvalue weighted by Gasteiger charge is 2.27. The van der Waals surface area contributed by atoms with E-state index in [9.17, 15) is 18.0 Å². The van der Waals surface area contributed by atoms with Crippen LogP contribution in [-0.4, -0.2) is 43.8 Å². The highest BCUT2D eigenvalue weighted by atomic mass is 32.2. The van der Waals surface area contributed by atoms with Crippen molar-refractivity contribution in [1.82, 2.24) is 9.62 Å². The molecule has 144 valence electrons. The minimum absolute atomic E-state index is 0.140. The van der Waals surface area contributed by atoms with E-state index in [0.29, 0.717) is 18.8 Å². The predicted octanol–water partition coefficient (Wildman–Crippen LogP) is 1.49. The van der Waals surface area contributed by atoms with Crippen LogP contribution in [0.1, 0.15) is 33.1 Å². The lowest BCUT2D eigenvalue weighted by atomic mass is 10.0. The fourth-order valence-electron chi connectivity index (χ4n) is 2.90. The highest BCUT2D eigenvalue weighted by molar-refractivity contribution is 7.89. The number of hydrogen-bond acceptors (Lipinski definition) is 4. The molecular formula is C17H26N4O4S. The van der Waals surface area contributed by atoms with Gasteiger partial charge in [-0.2, -0.15) is 4.31 Å². The van der Waals surface area contributed by atoms with Crippen molar-refractivity contribution in [3.05, 3.63) is 24.3 Å². The van der Waals surface area contributed by atoms with Gasteiger partial charge < -0.3 is 16.4 Å². The first-order valence-electron chi connectivity index (χ1n) is 8.69. The Morgan fingerprint density at radius 2 is 1.81 bits per heavy atom. The molecule has 1 unspecified atom stereocenters. The number of piperidine rings is 1. The van der Waals surface area contributed by atoms with E-state index in [1.54, 1.807) is 26.0 Å². The van der Waals surface area contributed by atoms with Crippen molar-refractivity contribution in [1.29, 1.82) is 0 Å². The van der Waals surface area contributed by atoms with Gasteiger partial charge in [0.05, 0.1) is 4.90 Å². The average Bonchev–Trinajstić information content (AvgIpc) is 2.60. The molecule has 1 aromatic rings. The van der Waals surface area contributed by atoms with Gasteiger partial charge in [0.25, 0.3) is 0 Å². The van der Waals surface area contributed by atoms with Gasteiger partial charge in [0.1, 0.15) is 6.04 Å². The van der Waals surface area contributed by atoms with Gasteiger partial charge in [-0.05, 0) is 37.0 Å². The van der Waals surface area contributed by atoms with Crippen LogP contribution < -0.4 is 16.4 Å². The third-order valence-electron chi connectivity index (χ3n) is 4.30. The summed E-state index contributed by atoms with van der Waals surface area (Å²) in [5.74, 6) is -0.630. The summed E-state index contributed by atoms with van der Waals surface area (Å²) >= 11 is 0. The van der Waals surface area contributed by atoms with Crippen LogP contribution in [0.2, 0.25) is 0 Å². The zero-order chi connectivity index (χ0) is 19.3. The maximum Gasteiger partial charge on any atom is 0.312 e. The van der Waals surface area contributed by atoms with E-state index in [1.807, 2.05) is 0 Å². The summed E-state index contributed by atoms with van der Waals surface area (Å²) in [7, 11) is -3.58. The molecule has 1 heterocycles. The van der Waals surface area contributed by atoms with Crippen molar-refractivity contribution in [2.45, 2.75) is 44.0 Å². The number of nitrogens with two attached hydrogens (primary N) is 1. The lowest BCUT2D eigenvalue weighted by molar-refractivity contribution is -0.118. The maximum atomic E-state index is 12.8.